The third-order valence-electron chi connectivity index (χ3n) is 3.39. The summed E-state index contributed by atoms with van der Waals surface area (Å²) in [6.45, 7) is 6.44. The van der Waals surface area contributed by atoms with Gasteiger partial charge in [-0.05, 0) is 24.0 Å². The number of rotatable bonds is 6. The number of hydrogen-bond acceptors (Lipinski definition) is 4. The van der Waals surface area contributed by atoms with Crippen molar-refractivity contribution >= 4 is 11.9 Å². The molecule has 0 fully saturated rings. The van der Waals surface area contributed by atoms with Gasteiger partial charge in [-0.15, -0.1) is 0 Å². The maximum atomic E-state index is 11.0. The molecule has 110 valence electrons. The number of carboxylic acid groups (broad SMARTS) is 2. The van der Waals surface area contributed by atoms with Gasteiger partial charge in [0.15, 0.2) is 0 Å². The lowest BCUT2D eigenvalue weighted by atomic mass is 9.83. The van der Waals surface area contributed by atoms with Crippen LogP contribution in [0, 0.1) is 10.8 Å². The second-order valence-electron chi connectivity index (χ2n) is 6.52. The van der Waals surface area contributed by atoms with Crippen molar-refractivity contribution in [2.75, 3.05) is 0 Å². The number of benzene rings is 1. The van der Waals surface area contributed by atoms with Gasteiger partial charge in [-0.3, -0.25) is 0 Å². The molecule has 0 spiro atoms. The minimum atomic E-state index is -1.10. The molecule has 0 heterocycles. The van der Waals surface area contributed by atoms with Crippen molar-refractivity contribution in [3.05, 3.63) is 35.4 Å². The molecule has 0 aliphatic heterocycles. The zero-order valence-electron chi connectivity index (χ0n) is 12.4. The molecule has 1 aromatic rings. The van der Waals surface area contributed by atoms with Crippen LogP contribution in [0.2, 0.25) is 0 Å². The Labute approximate surface area is 119 Å². The van der Waals surface area contributed by atoms with Gasteiger partial charge < -0.3 is 19.8 Å². The van der Waals surface area contributed by atoms with Crippen molar-refractivity contribution in [1.29, 1.82) is 0 Å². The molecule has 20 heavy (non-hydrogen) atoms. The molecular formula is C16H20O4-2. The number of carbonyl (C=O) groups is 2. The Morgan fingerprint density at radius 2 is 1.25 bits per heavy atom. The molecule has 0 saturated heterocycles. The van der Waals surface area contributed by atoms with Gasteiger partial charge in [0, 0.05) is 22.8 Å². The molecule has 1 rings (SSSR count). The average molecular weight is 276 g/mol. The summed E-state index contributed by atoms with van der Waals surface area (Å²) >= 11 is 0. The first-order valence-corrected chi connectivity index (χ1v) is 6.55. The minimum Gasteiger partial charge on any atom is -0.550 e. The van der Waals surface area contributed by atoms with Crippen molar-refractivity contribution in [3.63, 3.8) is 0 Å². The quantitative estimate of drug-likeness (QED) is 0.749. The third-order valence-corrected chi connectivity index (χ3v) is 3.39. The van der Waals surface area contributed by atoms with Gasteiger partial charge in [0.2, 0.25) is 0 Å². The van der Waals surface area contributed by atoms with Crippen LogP contribution in [0.3, 0.4) is 0 Å². The van der Waals surface area contributed by atoms with Crippen molar-refractivity contribution < 1.29 is 19.8 Å². The van der Waals surface area contributed by atoms with Gasteiger partial charge in [-0.2, -0.15) is 0 Å². The van der Waals surface area contributed by atoms with E-state index < -0.39 is 22.8 Å². The van der Waals surface area contributed by atoms with Crippen LogP contribution >= 0.6 is 0 Å². The van der Waals surface area contributed by atoms with E-state index in [1.54, 1.807) is 33.8 Å². The largest absolute Gasteiger partial charge is 0.550 e. The van der Waals surface area contributed by atoms with Gasteiger partial charge in [0.25, 0.3) is 0 Å². The zero-order valence-corrected chi connectivity index (χ0v) is 12.4. The standard InChI is InChI=1S/C16H22O4/c1-15(2,13(17)18)9-11-6-5-7-12(8-11)10-16(3,4)14(19)20/h5-8H,9-10H2,1-4H3,(H,17,18)(H,19,20)/p-2. The lowest BCUT2D eigenvalue weighted by Gasteiger charge is -2.27. The summed E-state index contributed by atoms with van der Waals surface area (Å²) in [4.78, 5) is 22.1. The molecular weight excluding hydrogens is 256 g/mol. The number of carboxylic acids is 2. The van der Waals surface area contributed by atoms with E-state index in [9.17, 15) is 19.8 Å². The Bertz CT molecular complexity index is 472. The molecule has 0 N–H and O–H groups in total. The summed E-state index contributed by atoms with van der Waals surface area (Å²) in [5, 5.41) is 22.1. The predicted molar refractivity (Wildman–Crippen MR) is 71.4 cm³/mol. The van der Waals surface area contributed by atoms with E-state index in [0.717, 1.165) is 11.1 Å². The van der Waals surface area contributed by atoms with E-state index in [2.05, 4.69) is 0 Å². The number of aliphatic carboxylic acids is 2. The van der Waals surface area contributed by atoms with Crippen LogP contribution in [-0.2, 0) is 22.4 Å². The lowest BCUT2D eigenvalue weighted by molar-refractivity contribution is -0.318. The van der Waals surface area contributed by atoms with Crippen LogP contribution in [-0.4, -0.2) is 11.9 Å². The van der Waals surface area contributed by atoms with Gasteiger partial charge >= 0.3 is 0 Å². The fourth-order valence-electron chi connectivity index (χ4n) is 2.01. The highest BCUT2D eigenvalue weighted by Crippen LogP contribution is 2.25. The van der Waals surface area contributed by atoms with E-state index in [0.29, 0.717) is 12.8 Å². The predicted octanol–water partition coefficient (Wildman–Crippen LogP) is 0.324. The highest BCUT2D eigenvalue weighted by Gasteiger charge is 2.22. The van der Waals surface area contributed by atoms with Gasteiger partial charge in [-0.1, -0.05) is 52.0 Å². The van der Waals surface area contributed by atoms with Crippen LogP contribution in [0.4, 0.5) is 0 Å². The molecule has 1 aromatic carbocycles. The summed E-state index contributed by atoms with van der Waals surface area (Å²) in [7, 11) is 0. The van der Waals surface area contributed by atoms with E-state index in [-0.39, 0.29) is 0 Å². The first kappa shape index (κ1) is 16.2. The average Bonchev–Trinajstić information content (AvgIpc) is 2.27. The SMILES string of the molecule is CC(C)(Cc1cccc(CC(C)(C)C(=O)[O-])c1)C(=O)[O-]. The van der Waals surface area contributed by atoms with Crippen LogP contribution < -0.4 is 10.2 Å². The molecule has 0 bridgehead atoms. The Morgan fingerprint density at radius 1 is 0.900 bits per heavy atom. The van der Waals surface area contributed by atoms with Crippen molar-refractivity contribution in [1.82, 2.24) is 0 Å². The lowest BCUT2D eigenvalue weighted by Crippen LogP contribution is -2.40. The molecule has 0 aliphatic rings. The van der Waals surface area contributed by atoms with Crippen LogP contribution in [0.25, 0.3) is 0 Å². The van der Waals surface area contributed by atoms with E-state index >= 15 is 0 Å². The zero-order chi connectivity index (χ0) is 15.6. The molecule has 4 nitrogen and oxygen atoms in total. The molecule has 0 aromatic heterocycles. The Hall–Kier alpha value is -1.84. The van der Waals surface area contributed by atoms with Crippen molar-refractivity contribution in [2.24, 2.45) is 10.8 Å². The summed E-state index contributed by atoms with van der Waals surface area (Å²) < 4.78 is 0. The van der Waals surface area contributed by atoms with Gasteiger partial charge in [-0.25, -0.2) is 0 Å². The van der Waals surface area contributed by atoms with Crippen molar-refractivity contribution in [3.8, 4) is 0 Å². The maximum absolute atomic E-state index is 11.0. The molecule has 4 heteroatoms. The van der Waals surface area contributed by atoms with Crippen LogP contribution in [0.1, 0.15) is 38.8 Å². The Balaban J connectivity index is 2.92. The van der Waals surface area contributed by atoms with Crippen molar-refractivity contribution in [2.45, 2.75) is 40.5 Å². The molecule has 0 amide bonds. The summed E-state index contributed by atoms with van der Waals surface area (Å²) in [6.07, 6.45) is 0.684. The van der Waals surface area contributed by atoms with E-state index in [1.807, 2.05) is 18.2 Å². The summed E-state index contributed by atoms with van der Waals surface area (Å²) in [5.74, 6) is -2.20. The van der Waals surface area contributed by atoms with Crippen LogP contribution in [0.5, 0.6) is 0 Å². The molecule has 0 saturated carbocycles. The molecule has 0 unspecified atom stereocenters. The first-order chi connectivity index (χ1) is 9.04. The second kappa shape index (κ2) is 5.65. The third kappa shape index (κ3) is 4.08. The summed E-state index contributed by atoms with van der Waals surface area (Å²) in [5.41, 5.74) is -0.206. The Morgan fingerprint density at radius 3 is 1.55 bits per heavy atom. The van der Waals surface area contributed by atoms with E-state index in [4.69, 9.17) is 0 Å². The van der Waals surface area contributed by atoms with Gasteiger partial charge in [0.05, 0.1) is 0 Å². The minimum absolute atomic E-state index is 0.342. The first-order valence-electron chi connectivity index (χ1n) is 6.55. The topological polar surface area (TPSA) is 80.3 Å². The maximum Gasteiger partial charge on any atom is 0.0474 e. The molecule has 0 atom stereocenters. The van der Waals surface area contributed by atoms with Crippen LogP contribution in [0.15, 0.2) is 24.3 Å². The molecule has 0 radical (unpaired) electrons. The molecule has 0 aliphatic carbocycles. The van der Waals surface area contributed by atoms with E-state index in [1.165, 1.54) is 0 Å². The summed E-state index contributed by atoms with van der Waals surface area (Å²) in [6, 6.07) is 7.32. The normalized spacial score (nSPS) is 12.2. The van der Waals surface area contributed by atoms with Gasteiger partial charge in [0.1, 0.15) is 0 Å². The second-order valence-corrected chi connectivity index (χ2v) is 6.52. The number of hydrogen-bond donors (Lipinski definition) is 0. The highest BCUT2D eigenvalue weighted by molar-refractivity contribution is 5.72. The smallest absolute Gasteiger partial charge is 0.0474 e. The fourth-order valence-corrected chi connectivity index (χ4v) is 2.01. The fraction of sp³-hybridized carbons (Fsp3) is 0.500. The monoisotopic (exact) mass is 276 g/mol. The number of carbonyl (C=O) groups excluding carboxylic acids is 2. The Kier molecular flexibility index (Phi) is 4.58. The highest BCUT2D eigenvalue weighted by atomic mass is 16.4.